The lowest BCUT2D eigenvalue weighted by Gasteiger charge is -2.06. The van der Waals surface area contributed by atoms with Crippen LogP contribution in [-0.2, 0) is 6.54 Å². The summed E-state index contributed by atoms with van der Waals surface area (Å²) in [6, 6.07) is 0. The van der Waals surface area contributed by atoms with Crippen LogP contribution >= 0.6 is 0 Å². The van der Waals surface area contributed by atoms with Crippen molar-refractivity contribution in [2.45, 2.75) is 25.8 Å². The molecule has 0 unspecified atom stereocenters. The fourth-order valence-electron chi connectivity index (χ4n) is 2.79. The van der Waals surface area contributed by atoms with Crippen molar-refractivity contribution in [1.82, 2.24) is 40.1 Å². The number of nitrogens with two attached hydrogens (primary N) is 1. The van der Waals surface area contributed by atoms with Gasteiger partial charge in [-0.2, -0.15) is 0 Å². The maximum absolute atomic E-state index is 12.3. The first kappa shape index (κ1) is 18.1. The summed E-state index contributed by atoms with van der Waals surface area (Å²) in [6.45, 7) is 3.49. The maximum Gasteiger partial charge on any atom is 0.327 e. The van der Waals surface area contributed by atoms with Crippen LogP contribution in [-0.4, -0.2) is 56.2 Å². The Hall–Kier alpha value is -2.72. The molecule has 3 aromatic heterocycles. The third-order valence-electron chi connectivity index (χ3n) is 4.15. The molecule has 3 aromatic rings. The van der Waals surface area contributed by atoms with Gasteiger partial charge < -0.3 is 26.3 Å². The summed E-state index contributed by atoms with van der Waals surface area (Å²) < 4.78 is 1.62. The monoisotopic (exact) mass is 359 g/mol. The van der Waals surface area contributed by atoms with E-state index >= 15 is 0 Å². The van der Waals surface area contributed by atoms with Gasteiger partial charge in [0.2, 0.25) is 0 Å². The molecule has 0 saturated heterocycles. The van der Waals surface area contributed by atoms with Crippen LogP contribution in [0.3, 0.4) is 0 Å². The summed E-state index contributed by atoms with van der Waals surface area (Å²) in [7, 11) is 1.94. The fourth-order valence-corrected chi connectivity index (χ4v) is 2.79. The summed E-state index contributed by atoms with van der Waals surface area (Å²) >= 11 is 0. The summed E-state index contributed by atoms with van der Waals surface area (Å²) in [5, 5.41) is 6.46. The Morgan fingerprint density at radius 3 is 2.85 bits per heavy atom. The Kier molecular flexibility index (Phi) is 5.97. The van der Waals surface area contributed by atoms with E-state index in [1.165, 1.54) is 0 Å². The molecule has 3 rings (SSSR count). The molecule has 0 aliphatic carbocycles. The zero-order valence-corrected chi connectivity index (χ0v) is 14.9. The predicted octanol–water partition coefficient (Wildman–Crippen LogP) is 0.0712. The Bertz CT molecular complexity index is 881. The minimum absolute atomic E-state index is 0.218. The lowest BCUT2D eigenvalue weighted by molar-refractivity contribution is 0.553. The minimum Gasteiger partial charge on any atom is -0.382 e. The molecular formula is C16H25N9O. The molecule has 10 heteroatoms. The van der Waals surface area contributed by atoms with Crippen molar-refractivity contribution in [2.24, 2.45) is 0 Å². The van der Waals surface area contributed by atoms with Crippen molar-refractivity contribution >= 4 is 17.0 Å². The number of aromatic nitrogens is 6. The highest BCUT2D eigenvalue weighted by molar-refractivity contribution is 5.83. The number of likely N-dealkylation sites (N-methyl/N-ethyl adjacent to an activating group) is 1. The largest absolute Gasteiger partial charge is 0.382 e. The molecular weight excluding hydrogens is 334 g/mol. The molecule has 0 fully saturated rings. The molecule has 0 aromatic carbocycles. The van der Waals surface area contributed by atoms with Gasteiger partial charge in [0.25, 0.3) is 0 Å². The number of aromatic amines is 2. The first-order valence-corrected chi connectivity index (χ1v) is 8.82. The number of anilines is 1. The van der Waals surface area contributed by atoms with Gasteiger partial charge in [-0.25, -0.2) is 19.7 Å². The number of nitrogen functional groups attached to an aromatic ring is 1. The average Bonchev–Trinajstić information content (AvgIpc) is 3.26. The zero-order chi connectivity index (χ0) is 18.4. The summed E-state index contributed by atoms with van der Waals surface area (Å²) in [5.41, 5.74) is 6.76. The maximum atomic E-state index is 12.3. The highest BCUT2D eigenvalue weighted by Gasteiger charge is 2.15. The molecule has 26 heavy (non-hydrogen) atoms. The summed E-state index contributed by atoms with van der Waals surface area (Å²) in [6.07, 6.45) is 6.29. The predicted molar refractivity (Wildman–Crippen MR) is 101 cm³/mol. The smallest absolute Gasteiger partial charge is 0.327 e. The van der Waals surface area contributed by atoms with E-state index in [-0.39, 0.29) is 11.5 Å². The number of H-pyrrole nitrogens is 2. The molecule has 0 radical (unpaired) electrons. The second kappa shape index (κ2) is 8.59. The molecule has 0 atom stereocenters. The fraction of sp³-hybridized carbons (Fsp3) is 0.500. The van der Waals surface area contributed by atoms with Crippen LogP contribution in [0.5, 0.6) is 0 Å². The van der Waals surface area contributed by atoms with Crippen molar-refractivity contribution in [3.8, 4) is 11.6 Å². The Morgan fingerprint density at radius 1 is 1.19 bits per heavy atom. The van der Waals surface area contributed by atoms with E-state index in [1.807, 2.05) is 7.05 Å². The molecule has 0 bridgehead atoms. The third kappa shape index (κ3) is 4.09. The number of hydrogen-bond acceptors (Lipinski definition) is 7. The molecule has 6 N–H and O–H groups in total. The van der Waals surface area contributed by atoms with Crippen molar-refractivity contribution in [3.05, 3.63) is 22.9 Å². The van der Waals surface area contributed by atoms with Crippen LogP contribution in [0.15, 0.2) is 17.2 Å². The number of aryl methyl sites for hydroxylation is 1. The third-order valence-corrected chi connectivity index (χ3v) is 4.15. The lowest BCUT2D eigenvalue weighted by Crippen LogP contribution is -2.25. The van der Waals surface area contributed by atoms with Gasteiger partial charge in [0, 0.05) is 32.0 Å². The number of hydrogen-bond donors (Lipinski definition) is 5. The van der Waals surface area contributed by atoms with E-state index in [0.717, 1.165) is 38.9 Å². The van der Waals surface area contributed by atoms with E-state index in [2.05, 4.69) is 35.6 Å². The molecule has 10 nitrogen and oxygen atoms in total. The van der Waals surface area contributed by atoms with E-state index in [9.17, 15) is 4.79 Å². The van der Waals surface area contributed by atoms with Crippen LogP contribution in [0.4, 0.5) is 5.82 Å². The number of nitrogens with one attached hydrogen (secondary N) is 4. The van der Waals surface area contributed by atoms with Crippen LogP contribution in [0.2, 0.25) is 0 Å². The van der Waals surface area contributed by atoms with Gasteiger partial charge in [0.15, 0.2) is 23.1 Å². The van der Waals surface area contributed by atoms with E-state index in [0.29, 0.717) is 29.4 Å². The summed E-state index contributed by atoms with van der Waals surface area (Å²) in [4.78, 5) is 30.8. The molecule has 0 aliphatic heterocycles. The van der Waals surface area contributed by atoms with Crippen molar-refractivity contribution in [2.75, 3.05) is 32.4 Å². The van der Waals surface area contributed by atoms with Crippen LogP contribution in [0, 0.1) is 0 Å². The Balaban J connectivity index is 1.66. The van der Waals surface area contributed by atoms with E-state index in [4.69, 9.17) is 5.73 Å². The number of imidazole rings is 2. The SMILES string of the molecule is CNCCNCCCCCn1c(=O)[nH]c2c(N)nc(-c3ncc[nH]3)nc21. The van der Waals surface area contributed by atoms with Gasteiger partial charge in [0.05, 0.1) is 0 Å². The molecule has 0 amide bonds. The van der Waals surface area contributed by atoms with Crippen LogP contribution in [0.25, 0.3) is 22.8 Å². The topological polar surface area (TPSA) is 142 Å². The molecule has 0 aliphatic rings. The number of unbranched alkanes of at least 4 members (excludes halogenated alkanes) is 2. The quantitative estimate of drug-likeness (QED) is 0.322. The van der Waals surface area contributed by atoms with Gasteiger partial charge in [-0.1, -0.05) is 6.42 Å². The Morgan fingerprint density at radius 2 is 2.08 bits per heavy atom. The van der Waals surface area contributed by atoms with Gasteiger partial charge in [-0.15, -0.1) is 0 Å². The van der Waals surface area contributed by atoms with E-state index in [1.54, 1.807) is 17.0 Å². The minimum atomic E-state index is -0.218. The second-order valence-corrected chi connectivity index (χ2v) is 6.06. The van der Waals surface area contributed by atoms with Crippen LogP contribution < -0.4 is 22.1 Å². The van der Waals surface area contributed by atoms with Crippen LogP contribution in [0.1, 0.15) is 19.3 Å². The normalized spacial score (nSPS) is 11.4. The first-order chi connectivity index (χ1) is 12.7. The van der Waals surface area contributed by atoms with Crippen molar-refractivity contribution in [3.63, 3.8) is 0 Å². The molecule has 0 spiro atoms. The number of nitrogens with zero attached hydrogens (tertiary/aromatic N) is 4. The number of rotatable bonds is 10. The zero-order valence-electron chi connectivity index (χ0n) is 14.9. The first-order valence-electron chi connectivity index (χ1n) is 8.82. The summed E-state index contributed by atoms with van der Waals surface area (Å²) in [5.74, 6) is 1.14. The standard InChI is InChI=1S/C16H25N9O/c1-18-6-7-19-5-3-2-4-10-25-15-11(22-16(25)26)12(17)23-14(24-15)13-20-8-9-21-13/h8-9,18-19H,2-7,10H2,1H3,(H,20,21)(H,22,26)(H2,17,23,24). The Labute approximate surface area is 150 Å². The second-order valence-electron chi connectivity index (χ2n) is 6.06. The molecule has 0 saturated carbocycles. The highest BCUT2D eigenvalue weighted by atomic mass is 16.1. The average molecular weight is 359 g/mol. The lowest BCUT2D eigenvalue weighted by atomic mass is 10.2. The number of fused-ring (bicyclic) bond motifs is 1. The van der Waals surface area contributed by atoms with E-state index < -0.39 is 0 Å². The van der Waals surface area contributed by atoms with Gasteiger partial charge >= 0.3 is 5.69 Å². The highest BCUT2D eigenvalue weighted by Crippen LogP contribution is 2.19. The molecule has 3 heterocycles. The van der Waals surface area contributed by atoms with Gasteiger partial charge in [0.1, 0.15) is 5.52 Å². The molecule has 140 valence electrons. The van der Waals surface area contributed by atoms with Gasteiger partial charge in [-0.3, -0.25) is 4.57 Å². The van der Waals surface area contributed by atoms with Crippen molar-refractivity contribution < 1.29 is 0 Å². The van der Waals surface area contributed by atoms with Gasteiger partial charge in [-0.05, 0) is 26.4 Å². The van der Waals surface area contributed by atoms with Crippen molar-refractivity contribution in [1.29, 1.82) is 0 Å².